The van der Waals surface area contributed by atoms with Gasteiger partial charge in [-0.25, -0.2) is 8.42 Å². The molecule has 1 amide bonds. The van der Waals surface area contributed by atoms with Gasteiger partial charge in [0.2, 0.25) is 5.91 Å². The zero-order chi connectivity index (χ0) is 11.1. The van der Waals surface area contributed by atoms with Gasteiger partial charge in [-0.3, -0.25) is 4.79 Å². The minimum Gasteiger partial charge on any atom is -0.366 e. The van der Waals surface area contributed by atoms with Crippen molar-refractivity contribution in [1.82, 2.24) is 0 Å². The van der Waals surface area contributed by atoms with E-state index in [1.807, 2.05) is 0 Å². The second kappa shape index (κ2) is 3.34. The van der Waals surface area contributed by atoms with Crippen molar-refractivity contribution >= 4 is 15.7 Å². The van der Waals surface area contributed by atoms with Crippen molar-refractivity contribution in [2.75, 3.05) is 0 Å². The molecule has 15 heavy (non-hydrogen) atoms. The summed E-state index contributed by atoms with van der Waals surface area (Å²) in [6, 6.07) is 5.76. The van der Waals surface area contributed by atoms with Gasteiger partial charge in [0.25, 0.3) is 0 Å². The lowest BCUT2D eigenvalue weighted by molar-refractivity contribution is 0.1000. The standard InChI is InChI=1S/C10H11NO3S/c11-10(12)7-1-3-8(4-2-7)15(13,14)9-5-6-9/h1-4,9H,5-6H2,(H2,11,12). The molecule has 0 aromatic heterocycles. The number of primary amides is 1. The molecule has 0 atom stereocenters. The second-order valence-corrected chi connectivity index (χ2v) is 5.86. The third-order valence-electron chi connectivity index (χ3n) is 2.43. The molecule has 1 aromatic rings. The van der Waals surface area contributed by atoms with Crippen molar-refractivity contribution in [3.05, 3.63) is 29.8 Å². The molecule has 2 rings (SSSR count). The third-order valence-corrected chi connectivity index (χ3v) is 4.71. The van der Waals surface area contributed by atoms with Crippen molar-refractivity contribution in [2.45, 2.75) is 23.0 Å². The molecule has 4 nitrogen and oxygen atoms in total. The van der Waals surface area contributed by atoms with Crippen LogP contribution in [0.2, 0.25) is 0 Å². The van der Waals surface area contributed by atoms with E-state index in [9.17, 15) is 13.2 Å². The summed E-state index contributed by atoms with van der Waals surface area (Å²) in [4.78, 5) is 11.1. The summed E-state index contributed by atoms with van der Waals surface area (Å²) in [5.74, 6) is -0.551. The summed E-state index contributed by atoms with van der Waals surface area (Å²) in [5.41, 5.74) is 5.38. The summed E-state index contributed by atoms with van der Waals surface area (Å²) in [7, 11) is -3.16. The fourth-order valence-corrected chi connectivity index (χ4v) is 3.04. The molecule has 0 unspecified atom stereocenters. The van der Waals surface area contributed by atoms with Crippen LogP contribution in [0.5, 0.6) is 0 Å². The molecule has 1 aliphatic rings. The van der Waals surface area contributed by atoms with Gasteiger partial charge < -0.3 is 5.73 Å². The highest BCUT2D eigenvalue weighted by atomic mass is 32.2. The van der Waals surface area contributed by atoms with Gasteiger partial charge >= 0.3 is 0 Å². The predicted molar refractivity (Wildman–Crippen MR) is 55.2 cm³/mol. The summed E-state index contributed by atoms with van der Waals surface area (Å²) in [6.45, 7) is 0. The van der Waals surface area contributed by atoms with E-state index in [2.05, 4.69) is 0 Å². The highest BCUT2D eigenvalue weighted by Gasteiger charge is 2.36. The number of hydrogen-bond donors (Lipinski definition) is 1. The molecule has 5 heteroatoms. The number of benzene rings is 1. The number of rotatable bonds is 3. The minimum atomic E-state index is -3.16. The molecule has 0 radical (unpaired) electrons. The number of nitrogens with two attached hydrogens (primary N) is 1. The topological polar surface area (TPSA) is 77.2 Å². The van der Waals surface area contributed by atoms with Crippen LogP contribution in [0.1, 0.15) is 23.2 Å². The number of sulfone groups is 1. The van der Waals surface area contributed by atoms with Gasteiger partial charge in [0.1, 0.15) is 0 Å². The fourth-order valence-electron chi connectivity index (χ4n) is 1.38. The molecular formula is C10H11NO3S. The van der Waals surface area contributed by atoms with E-state index in [0.717, 1.165) is 12.8 Å². The molecule has 0 spiro atoms. The number of carbonyl (C=O) groups excluding carboxylic acids is 1. The molecule has 1 aromatic carbocycles. The summed E-state index contributed by atoms with van der Waals surface area (Å²) in [6.07, 6.45) is 1.47. The van der Waals surface area contributed by atoms with Crippen LogP contribution in [0.3, 0.4) is 0 Å². The molecule has 80 valence electrons. The van der Waals surface area contributed by atoms with E-state index in [1.165, 1.54) is 24.3 Å². The van der Waals surface area contributed by atoms with Crippen molar-refractivity contribution in [1.29, 1.82) is 0 Å². The van der Waals surface area contributed by atoms with E-state index >= 15 is 0 Å². The van der Waals surface area contributed by atoms with Gasteiger partial charge in [-0.2, -0.15) is 0 Å². The summed E-state index contributed by atoms with van der Waals surface area (Å²) in [5, 5.41) is -0.225. The number of hydrogen-bond acceptors (Lipinski definition) is 3. The molecule has 0 aliphatic heterocycles. The first-order valence-electron chi connectivity index (χ1n) is 4.65. The normalized spacial score (nSPS) is 16.3. The van der Waals surface area contributed by atoms with E-state index < -0.39 is 15.7 Å². The number of carbonyl (C=O) groups is 1. The Morgan fingerprint density at radius 1 is 1.20 bits per heavy atom. The highest BCUT2D eigenvalue weighted by molar-refractivity contribution is 7.92. The molecule has 0 heterocycles. The monoisotopic (exact) mass is 225 g/mol. The first-order valence-corrected chi connectivity index (χ1v) is 6.20. The van der Waals surface area contributed by atoms with Crippen LogP contribution < -0.4 is 5.73 Å². The van der Waals surface area contributed by atoms with Crippen LogP contribution in [0.15, 0.2) is 29.2 Å². The SMILES string of the molecule is NC(=O)c1ccc(S(=O)(=O)C2CC2)cc1. The Morgan fingerprint density at radius 2 is 1.73 bits per heavy atom. The maximum atomic E-state index is 11.8. The second-order valence-electron chi connectivity index (χ2n) is 3.63. The van der Waals surface area contributed by atoms with E-state index in [4.69, 9.17) is 5.73 Å². The van der Waals surface area contributed by atoms with Crippen LogP contribution in [0.4, 0.5) is 0 Å². The van der Waals surface area contributed by atoms with Gasteiger partial charge in [0.15, 0.2) is 9.84 Å². The maximum absolute atomic E-state index is 11.8. The zero-order valence-electron chi connectivity index (χ0n) is 8.01. The fraction of sp³-hybridized carbons (Fsp3) is 0.300. The van der Waals surface area contributed by atoms with Gasteiger partial charge in [-0.1, -0.05) is 0 Å². The Bertz CT molecular complexity index is 486. The Balaban J connectivity index is 2.35. The maximum Gasteiger partial charge on any atom is 0.248 e. The van der Waals surface area contributed by atoms with Crippen molar-refractivity contribution in [3.8, 4) is 0 Å². The van der Waals surface area contributed by atoms with E-state index in [-0.39, 0.29) is 10.1 Å². The van der Waals surface area contributed by atoms with Gasteiger partial charge in [-0.05, 0) is 37.1 Å². The quantitative estimate of drug-likeness (QED) is 0.823. The smallest absolute Gasteiger partial charge is 0.248 e. The van der Waals surface area contributed by atoms with E-state index in [0.29, 0.717) is 5.56 Å². The molecular weight excluding hydrogens is 214 g/mol. The third kappa shape index (κ3) is 1.87. The molecule has 2 N–H and O–H groups in total. The lowest BCUT2D eigenvalue weighted by atomic mass is 10.2. The average molecular weight is 225 g/mol. The summed E-state index contributed by atoms with van der Waals surface area (Å²) < 4.78 is 23.5. The van der Waals surface area contributed by atoms with Gasteiger partial charge in [0.05, 0.1) is 10.1 Å². The molecule has 0 bridgehead atoms. The Morgan fingerprint density at radius 3 is 2.13 bits per heavy atom. The first kappa shape index (κ1) is 10.2. The molecule has 0 saturated heterocycles. The molecule has 1 saturated carbocycles. The Hall–Kier alpha value is -1.36. The van der Waals surface area contributed by atoms with Crippen LogP contribution in [-0.2, 0) is 9.84 Å². The predicted octanol–water partition coefficient (Wildman–Crippen LogP) is 0.722. The van der Waals surface area contributed by atoms with Crippen LogP contribution >= 0.6 is 0 Å². The van der Waals surface area contributed by atoms with Crippen molar-refractivity contribution in [3.63, 3.8) is 0 Å². The average Bonchev–Trinajstić information content (AvgIpc) is 3.01. The van der Waals surface area contributed by atoms with Crippen molar-refractivity contribution in [2.24, 2.45) is 5.73 Å². The van der Waals surface area contributed by atoms with E-state index in [1.54, 1.807) is 0 Å². The number of amides is 1. The lowest BCUT2D eigenvalue weighted by Gasteiger charge is -2.02. The summed E-state index contributed by atoms with van der Waals surface area (Å²) >= 11 is 0. The van der Waals surface area contributed by atoms with Crippen LogP contribution in [0, 0.1) is 0 Å². The highest BCUT2D eigenvalue weighted by Crippen LogP contribution is 2.33. The zero-order valence-corrected chi connectivity index (χ0v) is 8.83. The first-order chi connectivity index (χ1) is 7.01. The molecule has 1 aliphatic carbocycles. The Kier molecular flexibility index (Phi) is 2.26. The minimum absolute atomic E-state index is 0.225. The largest absolute Gasteiger partial charge is 0.366 e. The van der Waals surface area contributed by atoms with Crippen LogP contribution in [-0.4, -0.2) is 19.6 Å². The Labute approximate surface area is 88.0 Å². The van der Waals surface area contributed by atoms with Gasteiger partial charge in [0, 0.05) is 5.56 Å². The van der Waals surface area contributed by atoms with Crippen molar-refractivity contribution < 1.29 is 13.2 Å². The van der Waals surface area contributed by atoms with Crippen LogP contribution in [0.25, 0.3) is 0 Å². The lowest BCUT2D eigenvalue weighted by Crippen LogP contribution is -2.12. The van der Waals surface area contributed by atoms with Gasteiger partial charge in [-0.15, -0.1) is 0 Å². The molecule has 1 fully saturated rings.